The molecule has 1 aliphatic heterocycles. The molecule has 1 saturated heterocycles. The zero-order valence-electron chi connectivity index (χ0n) is 15.2. The molecule has 0 radical (unpaired) electrons. The topological polar surface area (TPSA) is 38.1 Å². The number of thiophene rings is 1. The molecule has 1 aromatic carbocycles. The van der Waals surface area contributed by atoms with E-state index in [9.17, 15) is 4.79 Å². The highest BCUT2D eigenvalue weighted by Crippen LogP contribution is 2.35. The van der Waals surface area contributed by atoms with Crippen molar-refractivity contribution in [3.05, 3.63) is 40.2 Å². The first-order valence-corrected chi connectivity index (χ1v) is 10.1. The number of aromatic nitrogens is 2. The molecule has 4 rings (SSSR count). The van der Waals surface area contributed by atoms with Crippen molar-refractivity contribution in [2.24, 2.45) is 18.9 Å². The largest absolute Gasteiger partial charge is 0.337 e. The third-order valence-corrected chi connectivity index (χ3v) is 6.44. The summed E-state index contributed by atoms with van der Waals surface area (Å²) in [6, 6.07) is 9.68. The standard InChI is InChI=1S/C20H22ClN3OS/c1-12-8-13(2)11-24(10-12)19(25)17-9-16-18(22-23(3)20(16)26-17)14-4-6-15(21)7-5-14/h4-7,9,12-13H,8,10-11H2,1-3H3/t12-,13-/m1/s1. The van der Waals surface area contributed by atoms with Crippen molar-refractivity contribution in [1.82, 2.24) is 14.7 Å². The summed E-state index contributed by atoms with van der Waals surface area (Å²) in [4.78, 5) is 16.9. The molecule has 1 aliphatic rings. The van der Waals surface area contributed by atoms with Gasteiger partial charge in [-0.1, -0.05) is 37.6 Å². The van der Waals surface area contributed by atoms with Crippen LogP contribution in [0.1, 0.15) is 29.9 Å². The molecular formula is C20H22ClN3OS. The van der Waals surface area contributed by atoms with Gasteiger partial charge in [0, 0.05) is 36.1 Å². The molecule has 3 aromatic rings. The van der Waals surface area contributed by atoms with Crippen molar-refractivity contribution in [3.8, 4) is 11.3 Å². The molecule has 136 valence electrons. The summed E-state index contributed by atoms with van der Waals surface area (Å²) in [6.07, 6.45) is 1.20. The maximum atomic E-state index is 13.1. The van der Waals surface area contributed by atoms with Gasteiger partial charge >= 0.3 is 0 Å². The maximum absolute atomic E-state index is 13.1. The van der Waals surface area contributed by atoms with Crippen LogP contribution < -0.4 is 0 Å². The average molecular weight is 388 g/mol. The van der Waals surface area contributed by atoms with Crippen LogP contribution in [-0.2, 0) is 7.05 Å². The molecule has 3 heterocycles. The number of nitrogens with zero attached hydrogens (tertiary/aromatic N) is 3. The third kappa shape index (κ3) is 3.14. The fourth-order valence-corrected chi connectivity index (χ4v) is 5.12. The van der Waals surface area contributed by atoms with E-state index in [4.69, 9.17) is 11.6 Å². The average Bonchev–Trinajstić information content (AvgIpc) is 3.15. The predicted octanol–water partition coefficient (Wildman–Crippen LogP) is 5.07. The number of hydrogen-bond acceptors (Lipinski definition) is 3. The lowest BCUT2D eigenvalue weighted by atomic mass is 9.92. The highest BCUT2D eigenvalue weighted by atomic mass is 35.5. The molecule has 26 heavy (non-hydrogen) atoms. The Morgan fingerprint density at radius 3 is 2.50 bits per heavy atom. The van der Waals surface area contributed by atoms with Gasteiger partial charge in [-0.25, -0.2) is 0 Å². The second kappa shape index (κ2) is 6.71. The van der Waals surface area contributed by atoms with E-state index in [1.165, 1.54) is 17.8 Å². The molecule has 1 fully saturated rings. The lowest BCUT2D eigenvalue weighted by molar-refractivity contribution is 0.0628. The van der Waals surface area contributed by atoms with E-state index in [0.717, 1.165) is 39.4 Å². The molecule has 0 bridgehead atoms. The molecule has 0 saturated carbocycles. The zero-order chi connectivity index (χ0) is 18.4. The van der Waals surface area contributed by atoms with Gasteiger partial charge in [0.1, 0.15) is 10.5 Å². The Hall–Kier alpha value is -1.85. The van der Waals surface area contributed by atoms with Crippen LogP contribution >= 0.6 is 22.9 Å². The lowest BCUT2D eigenvalue weighted by Gasteiger charge is -2.34. The molecule has 4 nitrogen and oxygen atoms in total. The minimum Gasteiger partial charge on any atom is -0.337 e. The molecule has 2 atom stereocenters. The van der Waals surface area contributed by atoms with Crippen molar-refractivity contribution >= 4 is 39.1 Å². The SMILES string of the molecule is C[C@@H]1C[C@@H](C)CN(C(=O)c2cc3c(-c4ccc(Cl)cc4)nn(C)c3s2)C1. The minimum atomic E-state index is 0.145. The summed E-state index contributed by atoms with van der Waals surface area (Å²) in [5, 5.41) is 6.38. The maximum Gasteiger partial charge on any atom is 0.264 e. The summed E-state index contributed by atoms with van der Waals surface area (Å²) < 4.78 is 1.86. The molecule has 0 spiro atoms. The van der Waals surface area contributed by atoms with E-state index in [-0.39, 0.29) is 5.91 Å². The lowest BCUT2D eigenvalue weighted by Crippen LogP contribution is -2.42. The van der Waals surface area contributed by atoms with Crippen LogP contribution in [0.4, 0.5) is 0 Å². The van der Waals surface area contributed by atoms with Crippen LogP contribution in [0.2, 0.25) is 5.02 Å². The first-order chi connectivity index (χ1) is 12.4. The summed E-state index contributed by atoms with van der Waals surface area (Å²) in [6.45, 7) is 6.15. The number of halogens is 1. The molecule has 0 aliphatic carbocycles. The van der Waals surface area contributed by atoms with E-state index < -0.39 is 0 Å². The van der Waals surface area contributed by atoms with Crippen LogP contribution in [0.3, 0.4) is 0 Å². The van der Waals surface area contributed by atoms with Crippen LogP contribution in [0.15, 0.2) is 30.3 Å². The summed E-state index contributed by atoms with van der Waals surface area (Å²) in [5.41, 5.74) is 1.91. The summed E-state index contributed by atoms with van der Waals surface area (Å²) in [7, 11) is 1.93. The van der Waals surface area contributed by atoms with Crippen LogP contribution in [0, 0.1) is 11.8 Å². The molecule has 2 aromatic heterocycles. The first-order valence-electron chi connectivity index (χ1n) is 8.94. The highest BCUT2D eigenvalue weighted by molar-refractivity contribution is 7.20. The Morgan fingerprint density at radius 2 is 1.85 bits per heavy atom. The number of aryl methyl sites for hydroxylation is 1. The summed E-state index contributed by atoms with van der Waals surface area (Å²) >= 11 is 7.53. The third-order valence-electron chi connectivity index (χ3n) is 5.00. The number of piperidine rings is 1. The highest BCUT2D eigenvalue weighted by Gasteiger charge is 2.28. The number of likely N-dealkylation sites (tertiary alicyclic amines) is 1. The van der Waals surface area contributed by atoms with Gasteiger partial charge in [0.2, 0.25) is 0 Å². The fraction of sp³-hybridized carbons (Fsp3) is 0.400. The number of carbonyl (C=O) groups is 1. The van der Waals surface area contributed by atoms with Gasteiger partial charge in [0.15, 0.2) is 0 Å². The predicted molar refractivity (Wildman–Crippen MR) is 108 cm³/mol. The Morgan fingerprint density at radius 1 is 1.19 bits per heavy atom. The van der Waals surface area contributed by atoms with E-state index in [1.54, 1.807) is 0 Å². The second-order valence-electron chi connectivity index (χ2n) is 7.46. The monoisotopic (exact) mass is 387 g/mol. The number of benzene rings is 1. The van der Waals surface area contributed by atoms with Gasteiger partial charge in [-0.3, -0.25) is 9.48 Å². The Balaban J connectivity index is 1.70. The Labute approximate surface area is 162 Å². The van der Waals surface area contributed by atoms with Crippen LogP contribution in [0.5, 0.6) is 0 Å². The molecule has 0 unspecified atom stereocenters. The van der Waals surface area contributed by atoms with Crippen molar-refractivity contribution in [2.75, 3.05) is 13.1 Å². The number of hydrogen-bond donors (Lipinski definition) is 0. The van der Waals surface area contributed by atoms with Gasteiger partial charge in [-0.05, 0) is 36.5 Å². The first kappa shape index (κ1) is 17.6. The number of carbonyl (C=O) groups excluding carboxylic acids is 1. The Kier molecular flexibility index (Phi) is 4.53. The number of amides is 1. The quantitative estimate of drug-likeness (QED) is 0.615. The van der Waals surface area contributed by atoms with E-state index >= 15 is 0 Å². The van der Waals surface area contributed by atoms with Gasteiger partial charge < -0.3 is 4.90 Å². The van der Waals surface area contributed by atoms with Crippen LogP contribution in [-0.4, -0.2) is 33.7 Å². The van der Waals surface area contributed by atoms with Crippen LogP contribution in [0.25, 0.3) is 21.5 Å². The summed E-state index contributed by atoms with van der Waals surface area (Å²) in [5.74, 6) is 1.26. The van der Waals surface area contributed by atoms with Crippen molar-refractivity contribution in [1.29, 1.82) is 0 Å². The smallest absolute Gasteiger partial charge is 0.264 e. The van der Waals surface area contributed by atoms with Gasteiger partial charge in [-0.15, -0.1) is 11.3 Å². The van der Waals surface area contributed by atoms with E-state index in [1.807, 2.05) is 47.0 Å². The van der Waals surface area contributed by atoms with Crippen molar-refractivity contribution < 1.29 is 4.79 Å². The van der Waals surface area contributed by atoms with Crippen molar-refractivity contribution in [2.45, 2.75) is 20.3 Å². The fourth-order valence-electron chi connectivity index (χ4n) is 3.95. The van der Waals surface area contributed by atoms with E-state index in [2.05, 4.69) is 18.9 Å². The van der Waals surface area contributed by atoms with Crippen molar-refractivity contribution in [3.63, 3.8) is 0 Å². The zero-order valence-corrected chi connectivity index (χ0v) is 16.8. The van der Waals surface area contributed by atoms with Gasteiger partial charge in [0.25, 0.3) is 5.91 Å². The normalized spacial score (nSPS) is 20.7. The van der Waals surface area contributed by atoms with Gasteiger partial charge in [0.05, 0.1) is 4.88 Å². The molecule has 1 amide bonds. The van der Waals surface area contributed by atoms with Gasteiger partial charge in [-0.2, -0.15) is 5.10 Å². The minimum absolute atomic E-state index is 0.145. The molecule has 6 heteroatoms. The number of rotatable bonds is 2. The van der Waals surface area contributed by atoms with E-state index in [0.29, 0.717) is 16.9 Å². The molecule has 0 N–H and O–H groups in total. The second-order valence-corrected chi connectivity index (χ2v) is 8.93. The number of fused-ring (bicyclic) bond motifs is 1. The molecular weight excluding hydrogens is 366 g/mol. The Bertz CT molecular complexity index is 950.